The molecule has 1 aliphatic rings. The summed E-state index contributed by atoms with van der Waals surface area (Å²) in [5.74, 6) is 0. The van der Waals surface area contributed by atoms with Crippen LogP contribution in [-0.2, 0) is 0 Å². The highest BCUT2D eigenvalue weighted by molar-refractivity contribution is 6.30. The van der Waals surface area contributed by atoms with E-state index in [0.717, 1.165) is 5.56 Å². The van der Waals surface area contributed by atoms with Crippen molar-refractivity contribution in [2.45, 2.75) is 18.9 Å². The molecule has 1 aromatic rings. The van der Waals surface area contributed by atoms with Gasteiger partial charge in [-0.05, 0) is 11.6 Å². The maximum absolute atomic E-state index is 11.3. The summed E-state index contributed by atoms with van der Waals surface area (Å²) in [4.78, 5) is 11.0. The van der Waals surface area contributed by atoms with E-state index in [9.17, 15) is 10.1 Å². The van der Waals surface area contributed by atoms with E-state index < -0.39 is 5.54 Å². The van der Waals surface area contributed by atoms with E-state index in [1.807, 2.05) is 30.3 Å². The second kappa shape index (κ2) is 4.34. The fourth-order valence-electron chi connectivity index (χ4n) is 2.02. The van der Waals surface area contributed by atoms with Gasteiger partial charge in [0.2, 0.25) is 5.54 Å². The molecule has 1 aliphatic carbocycles. The first-order chi connectivity index (χ1) is 8.04. The van der Waals surface area contributed by atoms with E-state index in [2.05, 4.69) is 0 Å². The summed E-state index contributed by atoms with van der Waals surface area (Å²) in [6.45, 7) is 1.61. The molecule has 0 fully saturated rings. The van der Waals surface area contributed by atoms with Crippen LogP contribution in [0.3, 0.4) is 0 Å². The number of allylic oxidation sites excluding steroid dienone is 2. The lowest BCUT2D eigenvalue weighted by atomic mass is 9.81. The third-order valence-electron chi connectivity index (χ3n) is 3.01. The van der Waals surface area contributed by atoms with E-state index in [1.165, 1.54) is 0 Å². The Balaban J connectivity index is 2.53. The predicted molar refractivity (Wildman–Crippen MR) is 68.4 cm³/mol. The van der Waals surface area contributed by atoms with Crippen LogP contribution < -0.4 is 0 Å². The maximum atomic E-state index is 11.3. The van der Waals surface area contributed by atoms with Gasteiger partial charge in [-0.1, -0.05) is 48.0 Å². The molecule has 0 saturated heterocycles. The number of hydrogen-bond donors (Lipinski definition) is 0. The Morgan fingerprint density at radius 1 is 1.29 bits per heavy atom. The number of hydrogen-bond acceptors (Lipinski definition) is 2. The monoisotopic (exact) mass is 249 g/mol. The highest BCUT2D eigenvalue weighted by Gasteiger charge is 2.43. The SMILES string of the molecule is CC1([N+](=O)[O-])CC(Cl)=CC=C1c1ccccc1. The van der Waals surface area contributed by atoms with Crippen LogP contribution in [0.25, 0.3) is 5.57 Å². The number of nitrogens with zero attached hydrogens (tertiary/aromatic N) is 1. The Bertz CT molecular complexity index is 507. The van der Waals surface area contributed by atoms with Gasteiger partial charge in [0.15, 0.2) is 0 Å². The molecule has 0 spiro atoms. The zero-order chi connectivity index (χ0) is 12.5. The van der Waals surface area contributed by atoms with Crippen molar-refractivity contribution in [3.8, 4) is 0 Å². The summed E-state index contributed by atoms with van der Waals surface area (Å²) < 4.78 is 0. The first kappa shape index (κ1) is 11.9. The highest BCUT2D eigenvalue weighted by Crippen LogP contribution is 2.39. The first-order valence-electron chi connectivity index (χ1n) is 5.31. The molecule has 0 radical (unpaired) electrons. The molecule has 1 aromatic carbocycles. The highest BCUT2D eigenvalue weighted by atomic mass is 35.5. The molecule has 0 N–H and O–H groups in total. The smallest absolute Gasteiger partial charge is 0.249 e. The lowest BCUT2D eigenvalue weighted by Crippen LogP contribution is -2.37. The van der Waals surface area contributed by atoms with E-state index in [1.54, 1.807) is 19.1 Å². The van der Waals surface area contributed by atoms with Crippen molar-refractivity contribution >= 4 is 17.2 Å². The van der Waals surface area contributed by atoms with Crippen molar-refractivity contribution in [2.75, 3.05) is 0 Å². The molecular formula is C13H12ClNO2. The third kappa shape index (κ3) is 2.11. The van der Waals surface area contributed by atoms with Gasteiger partial charge in [0.05, 0.1) is 6.42 Å². The van der Waals surface area contributed by atoms with Gasteiger partial charge < -0.3 is 0 Å². The predicted octanol–water partition coefficient (Wildman–Crippen LogP) is 3.63. The minimum Gasteiger partial charge on any atom is -0.264 e. The van der Waals surface area contributed by atoms with Gasteiger partial charge in [-0.15, -0.1) is 0 Å². The molecule has 3 nitrogen and oxygen atoms in total. The summed E-state index contributed by atoms with van der Waals surface area (Å²) in [6.07, 6.45) is 3.71. The van der Waals surface area contributed by atoms with Gasteiger partial charge >= 0.3 is 0 Å². The van der Waals surface area contributed by atoms with E-state index in [0.29, 0.717) is 10.6 Å². The molecule has 1 atom stereocenters. The van der Waals surface area contributed by atoms with Gasteiger partial charge in [0.25, 0.3) is 0 Å². The topological polar surface area (TPSA) is 43.1 Å². The molecule has 0 aromatic heterocycles. The zero-order valence-electron chi connectivity index (χ0n) is 9.39. The van der Waals surface area contributed by atoms with E-state index in [4.69, 9.17) is 11.6 Å². The standard InChI is InChI=1S/C13H12ClNO2/c1-13(15(16)17)9-11(14)7-8-12(13)10-5-3-2-4-6-10/h2-8H,9H2,1H3. The average molecular weight is 250 g/mol. The van der Waals surface area contributed by atoms with Crippen molar-refractivity contribution in [3.05, 3.63) is 63.2 Å². The molecule has 88 valence electrons. The molecule has 0 amide bonds. The van der Waals surface area contributed by atoms with E-state index in [-0.39, 0.29) is 11.3 Å². The minimum absolute atomic E-state index is 0.238. The summed E-state index contributed by atoms with van der Waals surface area (Å²) in [5.41, 5.74) is 0.423. The first-order valence-corrected chi connectivity index (χ1v) is 5.68. The normalized spacial score (nSPS) is 23.9. The molecule has 0 aliphatic heterocycles. The summed E-state index contributed by atoms with van der Waals surface area (Å²) in [5, 5.41) is 11.8. The van der Waals surface area contributed by atoms with Crippen molar-refractivity contribution in [1.82, 2.24) is 0 Å². The maximum Gasteiger partial charge on any atom is 0.249 e. The molecule has 0 saturated carbocycles. The van der Waals surface area contributed by atoms with Gasteiger partial charge in [0, 0.05) is 22.5 Å². The molecule has 4 heteroatoms. The van der Waals surface area contributed by atoms with Crippen LogP contribution in [-0.4, -0.2) is 10.5 Å². The fourth-order valence-corrected chi connectivity index (χ4v) is 2.35. The zero-order valence-corrected chi connectivity index (χ0v) is 10.1. The summed E-state index contributed by atoms with van der Waals surface area (Å²) in [7, 11) is 0. The number of rotatable bonds is 2. The van der Waals surface area contributed by atoms with E-state index >= 15 is 0 Å². The van der Waals surface area contributed by atoms with Crippen LogP contribution in [0.15, 0.2) is 47.5 Å². The lowest BCUT2D eigenvalue weighted by Gasteiger charge is -2.26. The largest absolute Gasteiger partial charge is 0.264 e. The Labute approximate surface area is 105 Å². The van der Waals surface area contributed by atoms with Crippen molar-refractivity contribution < 1.29 is 4.92 Å². The second-order valence-corrected chi connectivity index (χ2v) is 4.75. The van der Waals surface area contributed by atoms with Gasteiger partial charge in [-0.3, -0.25) is 10.1 Å². The summed E-state index contributed by atoms with van der Waals surface area (Å²) in [6, 6.07) is 9.38. The van der Waals surface area contributed by atoms with Crippen LogP contribution in [0, 0.1) is 10.1 Å². The Morgan fingerprint density at radius 2 is 1.94 bits per heavy atom. The average Bonchev–Trinajstić information content (AvgIpc) is 2.30. The summed E-state index contributed by atoms with van der Waals surface area (Å²) >= 11 is 5.91. The Hall–Kier alpha value is -1.61. The van der Waals surface area contributed by atoms with Crippen LogP contribution in [0.2, 0.25) is 0 Å². The number of halogens is 1. The quantitative estimate of drug-likeness (QED) is 0.593. The van der Waals surface area contributed by atoms with Crippen molar-refractivity contribution in [1.29, 1.82) is 0 Å². The van der Waals surface area contributed by atoms with Crippen molar-refractivity contribution in [3.63, 3.8) is 0 Å². The van der Waals surface area contributed by atoms with Crippen LogP contribution in [0.4, 0.5) is 0 Å². The van der Waals surface area contributed by atoms with Crippen molar-refractivity contribution in [2.24, 2.45) is 0 Å². The molecule has 2 rings (SSSR count). The minimum atomic E-state index is -1.15. The second-order valence-electron chi connectivity index (χ2n) is 4.27. The van der Waals surface area contributed by atoms with Crippen LogP contribution in [0.1, 0.15) is 18.9 Å². The molecular weight excluding hydrogens is 238 g/mol. The van der Waals surface area contributed by atoms with Gasteiger partial charge in [0.1, 0.15) is 0 Å². The molecule has 1 unspecified atom stereocenters. The molecule has 0 bridgehead atoms. The Morgan fingerprint density at radius 3 is 2.53 bits per heavy atom. The van der Waals surface area contributed by atoms with Crippen LogP contribution in [0.5, 0.6) is 0 Å². The van der Waals surface area contributed by atoms with Gasteiger partial charge in [-0.2, -0.15) is 0 Å². The molecule has 0 heterocycles. The van der Waals surface area contributed by atoms with Crippen LogP contribution >= 0.6 is 11.6 Å². The third-order valence-corrected chi connectivity index (χ3v) is 3.27. The number of nitro groups is 1. The molecule has 17 heavy (non-hydrogen) atoms. The lowest BCUT2D eigenvalue weighted by molar-refractivity contribution is -0.545. The van der Waals surface area contributed by atoms with Gasteiger partial charge in [-0.25, -0.2) is 0 Å². The fraction of sp³-hybridized carbons (Fsp3) is 0.231. The number of benzene rings is 1. The Kier molecular flexibility index (Phi) is 3.03.